The number of rotatable bonds is 0. The van der Waals surface area contributed by atoms with Gasteiger partial charge in [0.1, 0.15) is 6.07 Å². The number of hydrogen-bond donors (Lipinski definition) is 1. The molecular weight excluding hydrogens is 192 g/mol. The Balaban J connectivity index is 2.42. The summed E-state index contributed by atoms with van der Waals surface area (Å²) in [5, 5.41) is 10.1. The normalized spacial score (nSPS) is 13.8. The Hall–Kier alpha value is -1.66. The van der Waals surface area contributed by atoms with Crippen molar-refractivity contribution < 1.29 is 0 Å². The number of thioether (sulfide) groups is 1. The first-order valence-electron chi connectivity index (χ1n) is 4.28. The van der Waals surface area contributed by atoms with Crippen LogP contribution in [0.3, 0.4) is 0 Å². The number of aromatic nitrogens is 1. The molecule has 0 spiro atoms. The van der Waals surface area contributed by atoms with E-state index in [2.05, 4.69) is 17.1 Å². The molecule has 0 radical (unpaired) electrons. The topological polar surface area (TPSA) is 39.6 Å². The SMILES string of the molecule is N#CC1=Cc2c[nH]c3cccc(c23)S1. The molecule has 0 atom stereocenters. The van der Waals surface area contributed by atoms with Gasteiger partial charge in [0.25, 0.3) is 0 Å². The fraction of sp³-hybridized carbons (Fsp3) is 0. The molecule has 1 aromatic carbocycles. The van der Waals surface area contributed by atoms with Crippen molar-refractivity contribution in [1.82, 2.24) is 4.98 Å². The zero-order valence-corrected chi connectivity index (χ0v) is 8.06. The van der Waals surface area contributed by atoms with Crippen molar-refractivity contribution in [3.05, 3.63) is 34.9 Å². The number of aromatic amines is 1. The minimum absolute atomic E-state index is 0.754. The van der Waals surface area contributed by atoms with Crippen molar-refractivity contribution in [3.63, 3.8) is 0 Å². The Kier molecular flexibility index (Phi) is 1.47. The van der Waals surface area contributed by atoms with Crippen molar-refractivity contribution in [3.8, 4) is 6.07 Å². The summed E-state index contributed by atoms with van der Waals surface area (Å²) in [6.45, 7) is 0. The van der Waals surface area contributed by atoms with Gasteiger partial charge in [0.2, 0.25) is 0 Å². The first-order chi connectivity index (χ1) is 6.88. The lowest BCUT2D eigenvalue weighted by Gasteiger charge is -2.07. The first kappa shape index (κ1) is 7.72. The Morgan fingerprint density at radius 1 is 1.36 bits per heavy atom. The first-order valence-corrected chi connectivity index (χ1v) is 5.10. The summed E-state index contributed by atoms with van der Waals surface area (Å²) in [5.74, 6) is 0. The minimum atomic E-state index is 0.754. The monoisotopic (exact) mass is 198 g/mol. The number of nitrogens with zero attached hydrogens (tertiary/aromatic N) is 1. The molecule has 3 heteroatoms. The lowest BCUT2D eigenvalue weighted by Crippen LogP contribution is -1.83. The highest BCUT2D eigenvalue weighted by atomic mass is 32.2. The van der Waals surface area contributed by atoms with Crippen LogP contribution in [0.1, 0.15) is 5.56 Å². The molecule has 2 aromatic rings. The van der Waals surface area contributed by atoms with Crippen LogP contribution in [-0.2, 0) is 0 Å². The summed E-state index contributed by atoms with van der Waals surface area (Å²) >= 11 is 1.53. The van der Waals surface area contributed by atoms with Crippen LogP contribution < -0.4 is 0 Å². The van der Waals surface area contributed by atoms with Gasteiger partial charge >= 0.3 is 0 Å². The van der Waals surface area contributed by atoms with E-state index in [1.807, 2.05) is 24.4 Å². The van der Waals surface area contributed by atoms with E-state index in [4.69, 9.17) is 5.26 Å². The van der Waals surface area contributed by atoms with Crippen LogP contribution >= 0.6 is 11.8 Å². The van der Waals surface area contributed by atoms with Gasteiger partial charge in [-0.1, -0.05) is 17.8 Å². The fourth-order valence-electron chi connectivity index (χ4n) is 1.72. The lowest BCUT2D eigenvalue weighted by molar-refractivity contribution is 1.46. The molecule has 66 valence electrons. The van der Waals surface area contributed by atoms with Crippen LogP contribution in [0.5, 0.6) is 0 Å². The molecule has 2 nitrogen and oxygen atoms in total. The molecule has 0 bridgehead atoms. The van der Waals surface area contributed by atoms with E-state index < -0.39 is 0 Å². The largest absolute Gasteiger partial charge is 0.361 e. The van der Waals surface area contributed by atoms with E-state index in [1.54, 1.807) is 0 Å². The molecule has 3 rings (SSSR count). The highest BCUT2D eigenvalue weighted by Crippen LogP contribution is 2.40. The van der Waals surface area contributed by atoms with Crippen molar-refractivity contribution in [2.75, 3.05) is 0 Å². The van der Waals surface area contributed by atoms with Crippen LogP contribution in [0.2, 0.25) is 0 Å². The van der Waals surface area contributed by atoms with Gasteiger partial charge in [0.15, 0.2) is 0 Å². The second kappa shape index (κ2) is 2.66. The van der Waals surface area contributed by atoms with Crippen molar-refractivity contribution in [1.29, 1.82) is 5.26 Å². The second-order valence-corrected chi connectivity index (χ2v) is 4.23. The predicted molar refractivity (Wildman–Crippen MR) is 57.7 cm³/mol. The molecule has 1 aliphatic rings. The zero-order valence-electron chi connectivity index (χ0n) is 7.24. The van der Waals surface area contributed by atoms with Crippen LogP contribution in [0.25, 0.3) is 17.0 Å². The number of benzene rings is 1. The summed E-state index contributed by atoms with van der Waals surface area (Å²) in [7, 11) is 0. The third-order valence-electron chi connectivity index (χ3n) is 2.31. The van der Waals surface area contributed by atoms with Crippen LogP contribution in [-0.4, -0.2) is 4.98 Å². The summed E-state index contributed by atoms with van der Waals surface area (Å²) in [5.41, 5.74) is 2.25. The van der Waals surface area contributed by atoms with Gasteiger partial charge in [-0.25, -0.2) is 0 Å². The maximum absolute atomic E-state index is 8.86. The molecule has 0 fully saturated rings. The molecule has 0 amide bonds. The summed E-state index contributed by atoms with van der Waals surface area (Å²) in [4.78, 5) is 5.12. The molecule has 2 heterocycles. The van der Waals surface area contributed by atoms with Gasteiger partial charge in [0.05, 0.1) is 4.91 Å². The van der Waals surface area contributed by atoms with Crippen molar-refractivity contribution >= 4 is 28.7 Å². The molecule has 1 aromatic heterocycles. The smallest absolute Gasteiger partial charge is 0.106 e. The van der Waals surface area contributed by atoms with Crippen molar-refractivity contribution in [2.24, 2.45) is 0 Å². The van der Waals surface area contributed by atoms with Gasteiger partial charge in [-0.05, 0) is 18.2 Å². The molecule has 1 aliphatic heterocycles. The molecular formula is C11H6N2S. The lowest BCUT2D eigenvalue weighted by atomic mass is 10.1. The maximum atomic E-state index is 8.86. The van der Waals surface area contributed by atoms with E-state index in [0.717, 1.165) is 20.9 Å². The molecule has 1 N–H and O–H groups in total. The number of hydrogen-bond acceptors (Lipinski definition) is 2. The van der Waals surface area contributed by atoms with Gasteiger partial charge in [-0.2, -0.15) is 5.26 Å². The number of nitriles is 1. The summed E-state index contributed by atoms with van der Waals surface area (Å²) in [6.07, 6.45) is 3.88. The standard InChI is InChI=1S/C11H6N2S/c12-5-8-4-7-6-13-9-2-1-3-10(14-8)11(7)9/h1-4,6,13H. The third-order valence-corrected chi connectivity index (χ3v) is 3.30. The van der Waals surface area contributed by atoms with Crippen LogP contribution in [0.4, 0.5) is 0 Å². The van der Waals surface area contributed by atoms with Gasteiger partial charge < -0.3 is 4.98 Å². The van der Waals surface area contributed by atoms with Crippen molar-refractivity contribution in [2.45, 2.75) is 4.90 Å². The molecule has 0 unspecified atom stereocenters. The quantitative estimate of drug-likeness (QED) is 0.706. The molecule has 14 heavy (non-hydrogen) atoms. The van der Waals surface area contributed by atoms with E-state index in [1.165, 1.54) is 17.1 Å². The van der Waals surface area contributed by atoms with E-state index in [0.29, 0.717) is 0 Å². The van der Waals surface area contributed by atoms with Gasteiger partial charge in [-0.3, -0.25) is 0 Å². The van der Waals surface area contributed by atoms with E-state index in [9.17, 15) is 0 Å². The van der Waals surface area contributed by atoms with E-state index in [-0.39, 0.29) is 0 Å². The van der Waals surface area contributed by atoms with Crippen LogP contribution in [0, 0.1) is 11.3 Å². The average Bonchev–Trinajstić information content (AvgIpc) is 2.64. The predicted octanol–water partition coefficient (Wildman–Crippen LogP) is 3.14. The molecule has 0 saturated heterocycles. The van der Waals surface area contributed by atoms with Crippen LogP contribution in [0.15, 0.2) is 34.2 Å². The molecule has 0 aliphatic carbocycles. The van der Waals surface area contributed by atoms with E-state index >= 15 is 0 Å². The van der Waals surface area contributed by atoms with Gasteiger partial charge in [0, 0.05) is 27.6 Å². The Bertz CT molecular complexity index is 587. The zero-order chi connectivity index (χ0) is 9.54. The summed E-state index contributed by atoms with van der Waals surface area (Å²) < 4.78 is 0. The molecule has 0 saturated carbocycles. The average molecular weight is 198 g/mol. The number of allylic oxidation sites excluding steroid dienone is 1. The summed E-state index contributed by atoms with van der Waals surface area (Å²) in [6, 6.07) is 8.29. The highest BCUT2D eigenvalue weighted by molar-refractivity contribution is 8.03. The Morgan fingerprint density at radius 3 is 3.14 bits per heavy atom. The Morgan fingerprint density at radius 2 is 2.29 bits per heavy atom. The number of H-pyrrole nitrogens is 1. The maximum Gasteiger partial charge on any atom is 0.106 e. The Labute approximate surface area is 85.2 Å². The minimum Gasteiger partial charge on any atom is -0.361 e. The number of nitrogens with one attached hydrogen (secondary N) is 1. The fourth-order valence-corrected chi connectivity index (χ4v) is 2.66. The van der Waals surface area contributed by atoms with Gasteiger partial charge in [-0.15, -0.1) is 0 Å². The second-order valence-electron chi connectivity index (χ2n) is 3.15. The third kappa shape index (κ3) is 0.918. The highest BCUT2D eigenvalue weighted by Gasteiger charge is 2.14.